The summed E-state index contributed by atoms with van der Waals surface area (Å²) in [6.07, 6.45) is 1.46. The molecule has 0 bridgehead atoms. The number of hydrogen-bond donors (Lipinski definition) is 0. The fourth-order valence-corrected chi connectivity index (χ4v) is 3.72. The van der Waals surface area contributed by atoms with Crippen LogP contribution in [0.5, 0.6) is 0 Å². The third-order valence-electron chi connectivity index (χ3n) is 5.35. The van der Waals surface area contributed by atoms with Gasteiger partial charge in [-0.15, -0.1) is 0 Å². The molecule has 0 radical (unpaired) electrons. The van der Waals surface area contributed by atoms with Crippen LogP contribution in [-0.2, 0) is 13.1 Å². The molecule has 0 saturated carbocycles. The first-order valence-electron chi connectivity index (χ1n) is 9.63. The maximum Gasteiger partial charge on any atom is 0.261 e. The van der Waals surface area contributed by atoms with E-state index in [0.717, 1.165) is 17.0 Å². The lowest BCUT2D eigenvalue weighted by atomic mass is 10.1. The summed E-state index contributed by atoms with van der Waals surface area (Å²) in [6.45, 7) is 6.57. The summed E-state index contributed by atoms with van der Waals surface area (Å²) in [4.78, 5) is 30.2. The van der Waals surface area contributed by atoms with E-state index in [1.165, 1.54) is 16.5 Å². The van der Waals surface area contributed by atoms with Crippen molar-refractivity contribution in [1.29, 1.82) is 0 Å². The Labute approximate surface area is 169 Å². The van der Waals surface area contributed by atoms with Gasteiger partial charge in [0.25, 0.3) is 5.56 Å². The van der Waals surface area contributed by atoms with Crippen LogP contribution < -0.4 is 5.56 Å². The summed E-state index contributed by atoms with van der Waals surface area (Å²) < 4.78 is 3.53. The number of aryl methyl sites for hydroxylation is 2. The van der Waals surface area contributed by atoms with Gasteiger partial charge in [0.1, 0.15) is 0 Å². The second kappa shape index (κ2) is 7.51. The molecule has 2 aromatic carbocycles. The second-order valence-electron chi connectivity index (χ2n) is 7.48. The van der Waals surface area contributed by atoms with E-state index in [9.17, 15) is 9.59 Å². The number of hydrogen-bond acceptors (Lipinski definition) is 3. The zero-order valence-corrected chi connectivity index (χ0v) is 16.8. The Kier molecular flexibility index (Phi) is 4.89. The van der Waals surface area contributed by atoms with Gasteiger partial charge in [-0.25, -0.2) is 4.98 Å². The molecule has 0 saturated heterocycles. The largest absolute Gasteiger partial charge is 0.344 e. The third kappa shape index (κ3) is 3.63. The predicted octanol–water partition coefficient (Wildman–Crippen LogP) is 4.05. The average Bonchev–Trinajstić information content (AvgIpc) is 2.99. The van der Waals surface area contributed by atoms with Gasteiger partial charge in [0.05, 0.1) is 23.8 Å². The number of rotatable bonds is 5. The minimum Gasteiger partial charge on any atom is -0.344 e. The summed E-state index contributed by atoms with van der Waals surface area (Å²) in [5.41, 5.74) is 5.21. The van der Waals surface area contributed by atoms with E-state index in [4.69, 9.17) is 0 Å². The lowest BCUT2D eigenvalue weighted by molar-refractivity contribution is 0.0970. The zero-order chi connectivity index (χ0) is 20.5. The molecule has 0 aliphatic carbocycles. The average molecular weight is 385 g/mol. The highest BCUT2D eigenvalue weighted by Crippen LogP contribution is 2.18. The first kappa shape index (κ1) is 18.9. The summed E-state index contributed by atoms with van der Waals surface area (Å²) in [5, 5.41) is 0.537. The molecule has 0 spiro atoms. The lowest BCUT2D eigenvalue weighted by Crippen LogP contribution is -2.25. The molecule has 5 nitrogen and oxygen atoms in total. The third-order valence-corrected chi connectivity index (χ3v) is 5.35. The van der Waals surface area contributed by atoms with Gasteiger partial charge in [0.2, 0.25) is 0 Å². The highest BCUT2D eigenvalue weighted by molar-refractivity contribution is 5.97. The highest BCUT2D eigenvalue weighted by atomic mass is 16.1. The Morgan fingerprint density at radius 1 is 1.00 bits per heavy atom. The van der Waals surface area contributed by atoms with E-state index >= 15 is 0 Å². The van der Waals surface area contributed by atoms with Crippen LogP contribution in [-0.4, -0.2) is 19.9 Å². The molecule has 0 aliphatic rings. The van der Waals surface area contributed by atoms with Crippen molar-refractivity contribution in [3.05, 3.63) is 99.4 Å². The summed E-state index contributed by atoms with van der Waals surface area (Å²) in [6, 6.07) is 17.6. The number of aromatic nitrogens is 3. The Balaban J connectivity index is 1.64. The fraction of sp³-hybridized carbons (Fsp3) is 0.208. The van der Waals surface area contributed by atoms with Crippen LogP contribution in [0.1, 0.15) is 32.9 Å². The Bertz CT molecular complexity index is 1270. The molecular weight excluding hydrogens is 362 g/mol. The van der Waals surface area contributed by atoms with E-state index in [0.29, 0.717) is 23.0 Å². The van der Waals surface area contributed by atoms with Gasteiger partial charge < -0.3 is 4.57 Å². The van der Waals surface area contributed by atoms with Crippen molar-refractivity contribution < 1.29 is 4.79 Å². The van der Waals surface area contributed by atoms with E-state index in [1.54, 1.807) is 0 Å². The van der Waals surface area contributed by atoms with Gasteiger partial charge in [0, 0.05) is 23.5 Å². The number of Topliss-reactive ketones (excluding diaryl/α,β-unsaturated/α-hetero) is 1. The van der Waals surface area contributed by atoms with Gasteiger partial charge in [0.15, 0.2) is 5.78 Å². The summed E-state index contributed by atoms with van der Waals surface area (Å²) in [7, 11) is 0. The quantitative estimate of drug-likeness (QED) is 0.487. The number of carbonyl (C=O) groups excluding carboxylic acids is 1. The zero-order valence-electron chi connectivity index (χ0n) is 16.8. The molecule has 4 aromatic rings. The van der Waals surface area contributed by atoms with Crippen LogP contribution in [0, 0.1) is 20.8 Å². The van der Waals surface area contributed by atoms with Gasteiger partial charge in [-0.2, -0.15) is 0 Å². The number of nitrogens with zero attached hydrogens (tertiary/aromatic N) is 3. The number of fused-ring (bicyclic) bond motifs is 1. The first-order valence-corrected chi connectivity index (χ1v) is 9.63. The Morgan fingerprint density at radius 2 is 1.76 bits per heavy atom. The Morgan fingerprint density at radius 3 is 2.52 bits per heavy atom. The molecule has 29 heavy (non-hydrogen) atoms. The molecule has 146 valence electrons. The normalized spacial score (nSPS) is 11.1. The number of ketones is 1. The molecule has 0 fully saturated rings. The number of carbonyl (C=O) groups is 1. The molecule has 2 aromatic heterocycles. The van der Waals surface area contributed by atoms with Crippen LogP contribution in [0.2, 0.25) is 0 Å². The molecule has 0 atom stereocenters. The molecule has 4 rings (SSSR count). The first-order chi connectivity index (χ1) is 13.9. The minimum absolute atomic E-state index is 0.0225. The van der Waals surface area contributed by atoms with E-state index in [-0.39, 0.29) is 17.9 Å². The SMILES string of the molecule is Cc1ccc2ncn(CC(=O)c3cc(C)n(Cc4ccccc4)c3C)c(=O)c2c1. The summed E-state index contributed by atoms with van der Waals surface area (Å²) in [5.74, 6) is -0.0895. The van der Waals surface area contributed by atoms with E-state index in [1.807, 2.05) is 63.2 Å². The van der Waals surface area contributed by atoms with Gasteiger partial charge in [-0.1, -0.05) is 42.0 Å². The molecular formula is C24H23N3O2. The molecule has 0 unspecified atom stereocenters. The van der Waals surface area contributed by atoms with Crippen LogP contribution >= 0.6 is 0 Å². The van der Waals surface area contributed by atoms with Crippen LogP contribution in [0.25, 0.3) is 10.9 Å². The van der Waals surface area contributed by atoms with Crippen molar-refractivity contribution in [3.8, 4) is 0 Å². The summed E-state index contributed by atoms with van der Waals surface area (Å²) >= 11 is 0. The topological polar surface area (TPSA) is 56.9 Å². The molecule has 5 heteroatoms. The van der Waals surface area contributed by atoms with Crippen molar-refractivity contribution in [2.45, 2.75) is 33.9 Å². The molecule has 0 amide bonds. The molecule has 0 N–H and O–H groups in total. The maximum atomic E-state index is 13.0. The van der Waals surface area contributed by atoms with Gasteiger partial charge >= 0.3 is 0 Å². The van der Waals surface area contributed by atoms with E-state index in [2.05, 4.69) is 21.7 Å². The van der Waals surface area contributed by atoms with Crippen LogP contribution in [0.3, 0.4) is 0 Å². The number of benzene rings is 2. The maximum absolute atomic E-state index is 13.0. The monoisotopic (exact) mass is 385 g/mol. The molecule has 2 heterocycles. The van der Waals surface area contributed by atoms with Gasteiger partial charge in [-0.05, 0) is 44.5 Å². The van der Waals surface area contributed by atoms with Crippen molar-refractivity contribution in [1.82, 2.24) is 14.1 Å². The van der Waals surface area contributed by atoms with Crippen molar-refractivity contribution in [2.75, 3.05) is 0 Å². The highest BCUT2D eigenvalue weighted by Gasteiger charge is 2.17. The second-order valence-corrected chi connectivity index (χ2v) is 7.48. The van der Waals surface area contributed by atoms with Gasteiger partial charge in [-0.3, -0.25) is 14.2 Å². The van der Waals surface area contributed by atoms with Crippen LogP contribution in [0.4, 0.5) is 0 Å². The van der Waals surface area contributed by atoms with E-state index < -0.39 is 0 Å². The molecule has 0 aliphatic heterocycles. The smallest absolute Gasteiger partial charge is 0.261 e. The minimum atomic E-state index is -0.190. The van der Waals surface area contributed by atoms with Crippen molar-refractivity contribution in [3.63, 3.8) is 0 Å². The Hall–Kier alpha value is -3.47. The van der Waals surface area contributed by atoms with Crippen LogP contribution in [0.15, 0.2) is 65.7 Å². The van der Waals surface area contributed by atoms with Crippen molar-refractivity contribution in [2.24, 2.45) is 0 Å². The fourth-order valence-electron chi connectivity index (χ4n) is 3.72. The predicted molar refractivity (Wildman–Crippen MR) is 115 cm³/mol. The lowest BCUT2D eigenvalue weighted by Gasteiger charge is -2.10. The standard InChI is InChI=1S/C24H23N3O2/c1-16-9-10-22-21(11-16)24(29)26(15-25-22)14-23(28)20-12-17(2)27(18(20)3)13-19-7-5-4-6-8-19/h4-12,15H,13-14H2,1-3H3. The van der Waals surface area contributed by atoms with Crippen molar-refractivity contribution >= 4 is 16.7 Å².